The monoisotopic (exact) mass is 269 g/mol. The first-order valence-corrected chi connectivity index (χ1v) is 6.83. The number of aromatic carboxylic acids is 1. The number of nitrogens with zero attached hydrogens (tertiary/aromatic N) is 3. The molecule has 0 atom stereocenters. The summed E-state index contributed by atoms with van der Waals surface area (Å²) < 4.78 is 0. The molecule has 17 heavy (non-hydrogen) atoms. The molecule has 7 heteroatoms. The van der Waals surface area contributed by atoms with Crippen LogP contribution in [0.1, 0.15) is 9.67 Å². The highest BCUT2D eigenvalue weighted by molar-refractivity contribution is 7.98. The van der Waals surface area contributed by atoms with E-state index < -0.39 is 5.97 Å². The average molecular weight is 269 g/mol. The Kier molecular flexibility index (Phi) is 3.21. The van der Waals surface area contributed by atoms with Gasteiger partial charge in [0.1, 0.15) is 15.5 Å². The number of thiophene rings is 1. The van der Waals surface area contributed by atoms with Crippen LogP contribution in [0.5, 0.6) is 0 Å². The maximum atomic E-state index is 10.9. The molecule has 5 nitrogen and oxygen atoms in total. The molecule has 0 saturated carbocycles. The number of carbonyl (C=O) groups is 1. The standard InChI is InChI=1S/C10H11N3O2S2/c1-13(2)7-5-4-6(9(14)15)17-8(5)12-10(11-7)16-3/h4H,1-3H3,(H,14,15). The van der Waals surface area contributed by atoms with E-state index in [9.17, 15) is 4.79 Å². The van der Waals surface area contributed by atoms with Gasteiger partial charge in [0.05, 0.1) is 5.39 Å². The van der Waals surface area contributed by atoms with Crippen LogP contribution in [-0.2, 0) is 0 Å². The molecular formula is C10H11N3O2S2. The zero-order chi connectivity index (χ0) is 12.6. The molecule has 0 aromatic carbocycles. The Hall–Kier alpha value is -1.34. The molecule has 2 heterocycles. The quantitative estimate of drug-likeness (QED) is 0.680. The fourth-order valence-corrected chi connectivity index (χ4v) is 2.71. The fraction of sp³-hybridized carbons (Fsp3) is 0.300. The SMILES string of the molecule is CSc1nc(N(C)C)c2cc(C(=O)O)sc2n1. The maximum Gasteiger partial charge on any atom is 0.345 e. The summed E-state index contributed by atoms with van der Waals surface area (Å²) in [6.07, 6.45) is 1.90. The zero-order valence-corrected chi connectivity index (χ0v) is 11.2. The van der Waals surface area contributed by atoms with E-state index in [-0.39, 0.29) is 4.88 Å². The van der Waals surface area contributed by atoms with Gasteiger partial charge < -0.3 is 10.0 Å². The predicted octanol–water partition coefficient (Wildman–Crippen LogP) is 2.18. The lowest BCUT2D eigenvalue weighted by atomic mass is 10.3. The van der Waals surface area contributed by atoms with E-state index in [2.05, 4.69) is 9.97 Å². The lowest BCUT2D eigenvalue weighted by molar-refractivity contribution is 0.0702. The highest BCUT2D eigenvalue weighted by Gasteiger charge is 2.15. The van der Waals surface area contributed by atoms with Crippen molar-refractivity contribution in [3.63, 3.8) is 0 Å². The van der Waals surface area contributed by atoms with Crippen LogP contribution in [-0.4, -0.2) is 41.4 Å². The molecule has 0 aliphatic carbocycles. The summed E-state index contributed by atoms with van der Waals surface area (Å²) in [5, 5.41) is 10.4. The molecule has 0 fully saturated rings. The number of aromatic nitrogens is 2. The molecule has 0 saturated heterocycles. The molecule has 0 amide bonds. The van der Waals surface area contributed by atoms with Crippen LogP contribution >= 0.6 is 23.1 Å². The number of hydrogen-bond donors (Lipinski definition) is 1. The van der Waals surface area contributed by atoms with Gasteiger partial charge in [0.2, 0.25) is 0 Å². The van der Waals surface area contributed by atoms with E-state index in [0.717, 1.165) is 11.2 Å². The van der Waals surface area contributed by atoms with E-state index in [1.54, 1.807) is 6.07 Å². The highest BCUT2D eigenvalue weighted by Crippen LogP contribution is 2.31. The van der Waals surface area contributed by atoms with Crippen molar-refractivity contribution >= 4 is 45.1 Å². The molecule has 0 radical (unpaired) electrons. The van der Waals surface area contributed by atoms with Crippen LogP contribution < -0.4 is 4.90 Å². The van der Waals surface area contributed by atoms with Gasteiger partial charge in [-0.3, -0.25) is 0 Å². The number of rotatable bonds is 3. The summed E-state index contributed by atoms with van der Waals surface area (Å²) in [5.41, 5.74) is 0. The van der Waals surface area contributed by atoms with Crippen molar-refractivity contribution < 1.29 is 9.90 Å². The normalized spacial score (nSPS) is 10.8. The Morgan fingerprint density at radius 1 is 1.47 bits per heavy atom. The minimum atomic E-state index is -0.927. The van der Waals surface area contributed by atoms with Crippen LogP contribution in [0.25, 0.3) is 10.2 Å². The van der Waals surface area contributed by atoms with Crippen LogP contribution in [0.4, 0.5) is 5.82 Å². The lowest BCUT2D eigenvalue weighted by Gasteiger charge is -2.12. The Morgan fingerprint density at radius 3 is 2.71 bits per heavy atom. The fourth-order valence-electron chi connectivity index (χ4n) is 1.42. The van der Waals surface area contributed by atoms with Gasteiger partial charge in [-0.25, -0.2) is 14.8 Å². The summed E-state index contributed by atoms with van der Waals surface area (Å²) in [6.45, 7) is 0. The molecule has 0 bridgehead atoms. The van der Waals surface area contributed by atoms with Gasteiger partial charge in [-0.2, -0.15) is 0 Å². The first-order valence-electron chi connectivity index (χ1n) is 4.79. The molecule has 0 aliphatic heterocycles. The molecular weight excluding hydrogens is 258 g/mol. The van der Waals surface area contributed by atoms with Crippen molar-refractivity contribution in [2.24, 2.45) is 0 Å². The van der Waals surface area contributed by atoms with E-state index in [1.807, 2.05) is 25.3 Å². The number of carboxylic acid groups (broad SMARTS) is 1. The van der Waals surface area contributed by atoms with Crippen LogP contribution in [0.15, 0.2) is 11.2 Å². The molecule has 1 N–H and O–H groups in total. The Morgan fingerprint density at radius 2 is 2.18 bits per heavy atom. The summed E-state index contributed by atoms with van der Waals surface area (Å²) in [4.78, 5) is 22.5. The molecule has 0 unspecified atom stereocenters. The third kappa shape index (κ3) is 2.20. The van der Waals surface area contributed by atoms with Crippen molar-refractivity contribution in [1.82, 2.24) is 9.97 Å². The Labute approximate surface area is 106 Å². The lowest BCUT2D eigenvalue weighted by Crippen LogP contribution is -2.11. The van der Waals surface area contributed by atoms with Gasteiger partial charge in [-0.1, -0.05) is 11.8 Å². The van der Waals surface area contributed by atoms with Crippen LogP contribution in [0.2, 0.25) is 0 Å². The largest absolute Gasteiger partial charge is 0.477 e. The van der Waals surface area contributed by atoms with Gasteiger partial charge in [0.15, 0.2) is 5.16 Å². The van der Waals surface area contributed by atoms with E-state index >= 15 is 0 Å². The van der Waals surface area contributed by atoms with E-state index in [0.29, 0.717) is 9.99 Å². The van der Waals surface area contributed by atoms with Gasteiger partial charge in [-0.05, 0) is 12.3 Å². The van der Waals surface area contributed by atoms with Crippen molar-refractivity contribution in [1.29, 1.82) is 0 Å². The van der Waals surface area contributed by atoms with Crippen LogP contribution in [0.3, 0.4) is 0 Å². The van der Waals surface area contributed by atoms with Crippen molar-refractivity contribution in [2.75, 3.05) is 25.3 Å². The average Bonchev–Trinajstić information content (AvgIpc) is 2.70. The third-order valence-electron chi connectivity index (χ3n) is 2.17. The number of fused-ring (bicyclic) bond motifs is 1. The Bertz CT molecular complexity index is 580. The van der Waals surface area contributed by atoms with E-state index in [1.165, 1.54) is 23.1 Å². The predicted molar refractivity (Wildman–Crippen MR) is 70.5 cm³/mol. The highest BCUT2D eigenvalue weighted by atomic mass is 32.2. The molecule has 0 spiro atoms. The smallest absolute Gasteiger partial charge is 0.345 e. The van der Waals surface area contributed by atoms with Crippen molar-refractivity contribution in [3.05, 3.63) is 10.9 Å². The Balaban J connectivity index is 2.72. The first kappa shape index (κ1) is 12.1. The van der Waals surface area contributed by atoms with E-state index in [4.69, 9.17) is 5.11 Å². The van der Waals surface area contributed by atoms with Gasteiger partial charge in [0, 0.05) is 14.1 Å². The second kappa shape index (κ2) is 4.50. The second-order valence-electron chi connectivity index (χ2n) is 3.56. The maximum absolute atomic E-state index is 10.9. The summed E-state index contributed by atoms with van der Waals surface area (Å²) >= 11 is 2.62. The number of carboxylic acids is 1. The zero-order valence-electron chi connectivity index (χ0n) is 9.59. The molecule has 2 aromatic heterocycles. The second-order valence-corrected chi connectivity index (χ2v) is 5.37. The number of hydrogen-bond acceptors (Lipinski definition) is 6. The van der Waals surface area contributed by atoms with Gasteiger partial charge >= 0.3 is 5.97 Å². The minimum Gasteiger partial charge on any atom is -0.477 e. The topological polar surface area (TPSA) is 66.3 Å². The molecule has 0 aliphatic rings. The van der Waals surface area contributed by atoms with Gasteiger partial charge in [-0.15, -0.1) is 11.3 Å². The summed E-state index contributed by atoms with van der Waals surface area (Å²) in [6, 6.07) is 1.63. The summed E-state index contributed by atoms with van der Waals surface area (Å²) in [7, 11) is 3.76. The molecule has 2 aromatic rings. The van der Waals surface area contributed by atoms with Crippen molar-refractivity contribution in [3.8, 4) is 0 Å². The number of thioether (sulfide) groups is 1. The molecule has 2 rings (SSSR count). The number of anilines is 1. The van der Waals surface area contributed by atoms with Gasteiger partial charge in [0.25, 0.3) is 0 Å². The first-order chi connectivity index (χ1) is 8.02. The van der Waals surface area contributed by atoms with Crippen molar-refractivity contribution in [2.45, 2.75) is 5.16 Å². The van der Waals surface area contributed by atoms with Crippen LogP contribution in [0, 0.1) is 0 Å². The third-order valence-corrected chi connectivity index (χ3v) is 3.73. The molecule has 90 valence electrons. The summed E-state index contributed by atoms with van der Waals surface area (Å²) in [5.74, 6) is -0.175. The minimum absolute atomic E-state index is 0.288.